The van der Waals surface area contributed by atoms with Crippen molar-refractivity contribution >= 4 is 267 Å². The van der Waals surface area contributed by atoms with Gasteiger partial charge in [0.2, 0.25) is 0 Å². The lowest BCUT2D eigenvalue weighted by Crippen LogP contribution is -2.18. The van der Waals surface area contributed by atoms with Crippen LogP contribution in [0, 0.1) is 0 Å². The van der Waals surface area contributed by atoms with Crippen LogP contribution < -0.4 is 14.7 Å². The number of thiophene rings is 2. The summed E-state index contributed by atoms with van der Waals surface area (Å²) in [5.74, 6) is 0. The first-order chi connectivity index (χ1) is 59.6. The first-order valence-electron chi connectivity index (χ1n) is 40.6. The first kappa shape index (κ1) is 64.6. The average molecular weight is 1570 g/mol. The molecule has 3 aliphatic heterocycles. The van der Waals surface area contributed by atoms with Crippen LogP contribution in [0.2, 0.25) is 0 Å². The van der Waals surface area contributed by atoms with E-state index in [-0.39, 0.29) is 0 Å². The van der Waals surface area contributed by atoms with Crippen molar-refractivity contribution in [1.29, 1.82) is 0 Å². The number of hydrogen-bond acceptors (Lipinski definition) is 9. The largest absolute Gasteiger partial charge is 0.455 e. The van der Waals surface area contributed by atoms with Gasteiger partial charge in [-0.25, -0.2) is 0 Å². The molecule has 120 heavy (non-hydrogen) atoms. The minimum absolute atomic E-state index is 0.889. The van der Waals surface area contributed by atoms with Crippen molar-refractivity contribution in [1.82, 2.24) is 13.7 Å². The van der Waals surface area contributed by atoms with Gasteiger partial charge in [0.1, 0.15) is 27.9 Å². The van der Waals surface area contributed by atoms with E-state index in [9.17, 15) is 0 Å². The molecular formula is C108H60N6O4S2. The van der Waals surface area contributed by atoms with Gasteiger partial charge in [0.25, 0.3) is 0 Å². The number of furan rings is 4. The molecule has 18 aromatic carbocycles. The number of hydrogen-bond donors (Lipinski definition) is 0. The van der Waals surface area contributed by atoms with Crippen molar-refractivity contribution in [2.75, 3.05) is 14.7 Å². The normalized spacial score (nSPS) is 12.9. The van der Waals surface area contributed by atoms with Gasteiger partial charge in [-0.15, -0.1) is 22.7 Å². The van der Waals surface area contributed by atoms with Gasteiger partial charge in [0.05, 0.1) is 107 Å². The molecular weight excluding hydrogens is 1510 g/mol. The van der Waals surface area contributed by atoms with Gasteiger partial charge in [-0.2, -0.15) is 0 Å². The fraction of sp³-hybridized carbons (Fsp3) is 0. The van der Waals surface area contributed by atoms with Gasteiger partial charge < -0.3 is 46.1 Å². The molecule has 0 fully saturated rings. The highest BCUT2D eigenvalue weighted by Crippen LogP contribution is 2.58. The molecule has 0 unspecified atom stereocenters. The smallest absolute Gasteiger partial charge is 0.159 e. The Labute approximate surface area is 689 Å². The second-order valence-electron chi connectivity index (χ2n) is 31.6. The van der Waals surface area contributed by atoms with E-state index in [2.05, 4.69) is 362 Å². The minimum Gasteiger partial charge on any atom is -0.455 e. The van der Waals surface area contributed by atoms with Crippen LogP contribution in [0.1, 0.15) is 0 Å². The molecule has 10 nitrogen and oxygen atoms in total. The van der Waals surface area contributed by atoms with E-state index >= 15 is 0 Å². The third-order valence-corrected chi connectivity index (χ3v) is 27.8. The number of anilines is 9. The molecule has 3 aliphatic rings. The summed E-state index contributed by atoms with van der Waals surface area (Å²) in [5, 5.41) is 21.9. The third-order valence-electron chi connectivity index (χ3n) is 25.5. The molecule has 0 aliphatic carbocycles. The summed E-state index contributed by atoms with van der Waals surface area (Å²) < 4.78 is 38.8. The Morgan fingerprint density at radius 3 is 0.925 bits per heavy atom. The van der Waals surface area contributed by atoms with Crippen LogP contribution in [0.5, 0.6) is 0 Å². The summed E-state index contributed by atoms with van der Waals surface area (Å²) >= 11 is 3.77. The predicted octanol–water partition coefficient (Wildman–Crippen LogP) is 32.0. The zero-order chi connectivity index (χ0) is 77.8. The summed E-state index contributed by atoms with van der Waals surface area (Å²) in [4.78, 5) is 7.14. The molecule has 30 rings (SSSR count). The molecule has 0 amide bonds. The molecule has 0 atom stereocenters. The zero-order valence-corrected chi connectivity index (χ0v) is 65.4. The molecule has 0 bridgehead atoms. The topological polar surface area (TPSA) is 77.1 Å². The lowest BCUT2D eigenvalue weighted by molar-refractivity contribution is 0.668. The van der Waals surface area contributed by atoms with Gasteiger partial charge in [-0.3, -0.25) is 0 Å². The van der Waals surface area contributed by atoms with E-state index in [1.165, 1.54) is 101 Å². The summed E-state index contributed by atoms with van der Waals surface area (Å²) in [6.45, 7) is 0. The lowest BCUT2D eigenvalue weighted by Gasteiger charge is -2.33. The van der Waals surface area contributed by atoms with Gasteiger partial charge >= 0.3 is 0 Å². The highest BCUT2D eigenvalue weighted by Gasteiger charge is 2.36. The Kier molecular flexibility index (Phi) is 12.9. The quantitative estimate of drug-likeness (QED) is 0.174. The number of aromatic nitrogens is 3. The Bertz CT molecular complexity index is 8850. The zero-order valence-electron chi connectivity index (χ0n) is 63.8. The highest BCUT2D eigenvalue weighted by molar-refractivity contribution is 7.27. The maximum Gasteiger partial charge on any atom is 0.159 e. The molecule has 0 N–H and O–H groups in total. The van der Waals surface area contributed by atoms with E-state index in [1.54, 1.807) is 0 Å². The maximum absolute atomic E-state index is 6.54. The van der Waals surface area contributed by atoms with Crippen molar-refractivity contribution < 1.29 is 17.7 Å². The molecule has 0 saturated carbocycles. The second-order valence-corrected chi connectivity index (χ2v) is 33.7. The summed E-state index contributed by atoms with van der Waals surface area (Å²) in [7, 11) is 0. The predicted molar refractivity (Wildman–Crippen MR) is 502 cm³/mol. The minimum atomic E-state index is 0.889. The van der Waals surface area contributed by atoms with Crippen molar-refractivity contribution in [2.24, 2.45) is 0 Å². The van der Waals surface area contributed by atoms with E-state index in [4.69, 9.17) is 17.7 Å². The van der Waals surface area contributed by atoms with Crippen LogP contribution in [0.15, 0.2) is 382 Å². The second kappa shape index (κ2) is 24.0. The molecule has 12 heterocycles. The van der Waals surface area contributed by atoms with Crippen LogP contribution in [0.4, 0.5) is 51.2 Å². The Morgan fingerprint density at radius 2 is 0.467 bits per heavy atom. The Balaban J connectivity index is 0.0000000931. The Morgan fingerprint density at radius 1 is 0.167 bits per heavy atom. The molecule has 0 saturated heterocycles. The summed E-state index contributed by atoms with van der Waals surface area (Å²) in [6.07, 6.45) is 0. The molecule has 0 spiro atoms. The number of rotatable bonds is 3. The van der Waals surface area contributed by atoms with Crippen molar-refractivity contribution in [3.8, 4) is 17.1 Å². The maximum atomic E-state index is 6.54. The molecule has 0 radical (unpaired) electrons. The van der Waals surface area contributed by atoms with Crippen LogP contribution in [-0.2, 0) is 0 Å². The van der Waals surface area contributed by atoms with Crippen molar-refractivity contribution in [2.45, 2.75) is 0 Å². The number of fused-ring (bicyclic) bond motifs is 36. The van der Waals surface area contributed by atoms with Gasteiger partial charge in [-0.05, 0) is 140 Å². The fourth-order valence-corrected chi connectivity index (χ4v) is 23.1. The lowest BCUT2D eigenvalue weighted by atomic mass is 10.0. The first-order valence-corrected chi connectivity index (χ1v) is 42.2. The highest BCUT2D eigenvalue weighted by atomic mass is 32.1. The Hall–Kier alpha value is -15.6. The molecule has 9 aromatic heterocycles. The van der Waals surface area contributed by atoms with E-state index < -0.39 is 0 Å². The van der Waals surface area contributed by atoms with Gasteiger partial charge in [-0.1, -0.05) is 224 Å². The summed E-state index contributed by atoms with van der Waals surface area (Å²) in [6, 6.07) is 130. The third kappa shape index (κ3) is 8.58. The molecule has 558 valence electrons. The van der Waals surface area contributed by atoms with Gasteiger partial charge in [0.15, 0.2) is 16.7 Å². The number of benzene rings is 18. The average Bonchev–Trinajstić information content (AvgIpc) is 1.54. The van der Waals surface area contributed by atoms with Crippen molar-refractivity contribution in [3.63, 3.8) is 0 Å². The van der Waals surface area contributed by atoms with E-state index in [1.807, 2.05) is 53.0 Å². The molecule has 12 heteroatoms. The van der Waals surface area contributed by atoms with Crippen LogP contribution >= 0.6 is 22.7 Å². The van der Waals surface area contributed by atoms with E-state index in [0.29, 0.717) is 0 Å². The van der Waals surface area contributed by atoms with Crippen molar-refractivity contribution in [3.05, 3.63) is 364 Å². The summed E-state index contributed by atoms with van der Waals surface area (Å²) in [5.41, 5.74) is 28.0. The number of para-hydroxylation sites is 16. The SMILES string of the molecule is c1ccc2c(c1)N(c1cccc3c1oc1ccccc13)c1cccc3c4c5c(ccc4n-2c13)sc1ccccc15.c1ccc2c(c1)N(c1cccc3c1oc1ccccc13)c1cccc3c4c5oc6ccccc6c5ccc4n-2c13.c1ccc2c(c1)N(c1cccc3c1oc1ccccc13)c1cccc3c4c5sc6ccccc6c5ccc4n-2c13. The van der Waals surface area contributed by atoms with Crippen LogP contribution in [0.25, 0.3) is 211 Å². The fourth-order valence-electron chi connectivity index (χ4n) is 20.7. The van der Waals surface area contributed by atoms with Gasteiger partial charge in [0, 0.05) is 110 Å². The standard InChI is InChI=1S/C36H20N2O2.2C36H20N2OS/c1-5-17-31-21(9-1)23-11-7-16-30(35(23)39-31)37-26-13-3-4-14-27(26)38-28-20-19-24-22-10-2-6-18-32(22)40-36(24)33(28)25-12-8-15-29(37)34(25)38;1-5-17-30-21(9-1)22-11-7-16-29(36(22)39-30)37-25-13-3-4-14-26(25)38-27-19-20-32-34(23-10-2-6-18-31(23)40-32)33(27)24-12-8-15-28(37)35(24)38;1-5-17-31-21(9-1)23-11-7-16-30(35(23)39-31)37-26-13-3-4-14-27(26)38-28-20-19-24-22-10-2-6-18-32(22)40-36(24)33(28)25-12-8-15-29(37)34(25)38/h3*1-20H. The van der Waals surface area contributed by atoms with Crippen LogP contribution in [-0.4, -0.2) is 13.7 Å². The van der Waals surface area contributed by atoms with Crippen LogP contribution in [0.3, 0.4) is 0 Å². The number of nitrogens with zero attached hydrogens (tertiary/aromatic N) is 6. The monoisotopic (exact) mass is 1570 g/mol. The molecule has 27 aromatic rings. The van der Waals surface area contributed by atoms with E-state index in [0.717, 1.165) is 161 Å².